The van der Waals surface area contributed by atoms with E-state index < -0.39 is 11.9 Å². The quantitative estimate of drug-likeness (QED) is 0.396. The summed E-state index contributed by atoms with van der Waals surface area (Å²) in [6.45, 7) is 3.73. The molecule has 1 aliphatic heterocycles. The van der Waals surface area contributed by atoms with Crippen LogP contribution in [0.2, 0.25) is 10.0 Å². The molecule has 6 nitrogen and oxygen atoms in total. The summed E-state index contributed by atoms with van der Waals surface area (Å²) in [5, 5.41) is 5.11. The molecule has 1 atom stereocenters. The zero-order chi connectivity index (χ0) is 21.9. The number of fused-ring (bicyclic) bond motifs is 2. The second-order valence-corrected chi connectivity index (χ2v) is 8.22. The van der Waals surface area contributed by atoms with E-state index in [9.17, 15) is 9.59 Å². The molecule has 31 heavy (non-hydrogen) atoms. The van der Waals surface area contributed by atoms with Gasteiger partial charge in [0.25, 0.3) is 5.91 Å². The van der Waals surface area contributed by atoms with Gasteiger partial charge in [0.2, 0.25) is 5.76 Å². The number of aryl methyl sites for hydroxylation is 2. The van der Waals surface area contributed by atoms with Crippen LogP contribution in [0.15, 0.2) is 56.2 Å². The molecule has 0 spiro atoms. The topological polar surface area (TPSA) is 76.6 Å². The average molecular weight is 455 g/mol. The fourth-order valence-corrected chi connectivity index (χ4v) is 4.25. The number of nitrogens with zero attached hydrogens (tertiary/aromatic N) is 2. The predicted octanol–water partition coefficient (Wildman–Crippen LogP) is 5.71. The Kier molecular flexibility index (Phi) is 4.64. The van der Waals surface area contributed by atoms with Crippen LogP contribution < -0.4 is 10.3 Å². The minimum absolute atomic E-state index is 0.0153. The highest BCUT2D eigenvalue weighted by molar-refractivity contribution is 6.42. The Balaban J connectivity index is 1.82. The highest BCUT2D eigenvalue weighted by Gasteiger charge is 2.45. The van der Waals surface area contributed by atoms with Gasteiger partial charge in [-0.2, -0.15) is 0 Å². The number of carbonyl (C=O) groups is 1. The van der Waals surface area contributed by atoms with Crippen molar-refractivity contribution in [2.75, 3.05) is 4.90 Å². The Morgan fingerprint density at radius 3 is 2.55 bits per heavy atom. The van der Waals surface area contributed by atoms with Gasteiger partial charge in [-0.25, -0.2) is 0 Å². The first-order valence-electron chi connectivity index (χ1n) is 9.70. The van der Waals surface area contributed by atoms with E-state index in [-0.39, 0.29) is 22.6 Å². The number of hydrogen-bond donors (Lipinski definition) is 0. The first-order chi connectivity index (χ1) is 14.9. The Morgan fingerprint density at radius 2 is 1.87 bits per heavy atom. The van der Waals surface area contributed by atoms with E-state index in [1.807, 2.05) is 13.0 Å². The van der Waals surface area contributed by atoms with Gasteiger partial charge in [0.15, 0.2) is 11.2 Å². The third-order valence-electron chi connectivity index (χ3n) is 5.46. The van der Waals surface area contributed by atoms with Crippen LogP contribution in [0, 0.1) is 6.92 Å². The van der Waals surface area contributed by atoms with E-state index in [0.717, 1.165) is 12.0 Å². The molecule has 1 amide bonds. The van der Waals surface area contributed by atoms with Gasteiger partial charge in [-0.05, 0) is 48.7 Å². The van der Waals surface area contributed by atoms with E-state index in [2.05, 4.69) is 5.16 Å². The van der Waals surface area contributed by atoms with Crippen molar-refractivity contribution in [1.82, 2.24) is 5.16 Å². The molecule has 8 heteroatoms. The lowest BCUT2D eigenvalue weighted by Gasteiger charge is -2.22. The Bertz CT molecular complexity index is 1420. The normalized spacial score (nSPS) is 15.7. The number of benzene rings is 2. The zero-order valence-corrected chi connectivity index (χ0v) is 18.1. The van der Waals surface area contributed by atoms with Gasteiger partial charge < -0.3 is 8.94 Å². The molecule has 5 rings (SSSR count). The highest BCUT2D eigenvalue weighted by Crippen LogP contribution is 2.42. The molecule has 0 saturated heterocycles. The Hall–Kier alpha value is -3.09. The van der Waals surface area contributed by atoms with Crippen molar-refractivity contribution in [3.05, 3.63) is 90.9 Å². The van der Waals surface area contributed by atoms with E-state index in [1.54, 1.807) is 43.3 Å². The first kappa shape index (κ1) is 19.8. The van der Waals surface area contributed by atoms with Gasteiger partial charge >= 0.3 is 0 Å². The van der Waals surface area contributed by atoms with Crippen molar-refractivity contribution in [1.29, 1.82) is 0 Å². The summed E-state index contributed by atoms with van der Waals surface area (Å²) in [5.74, 6) is 0.322. The summed E-state index contributed by atoms with van der Waals surface area (Å²) in [6, 6.07) is 11.3. The van der Waals surface area contributed by atoms with Crippen LogP contribution in [0.4, 0.5) is 5.82 Å². The number of amides is 1. The molecular formula is C23H16Cl2N2O4. The third kappa shape index (κ3) is 3.06. The standard InChI is InChI=1S/C23H16Cl2N2O4/c1-3-12-4-7-17-14(9-12)21(28)19-20(13-5-6-15(24)16(25)10-13)27(23(29)22(19)30-17)18-8-11(2)31-26-18/h4-10,20H,3H2,1-2H3/t20-/m0/s1. The highest BCUT2D eigenvalue weighted by atomic mass is 35.5. The fraction of sp³-hybridized carbons (Fsp3) is 0.174. The van der Waals surface area contributed by atoms with E-state index >= 15 is 0 Å². The molecule has 0 unspecified atom stereocenters. The van der Waals surface area contributed by atoms with Crippen molar-refractivity contribution in [3.8, 4) is 0 Å². The van der Waals surface area contributed by atoms with Gasteiger partial charge in [-0.3, -0.25) is 14.5 Å². The van der Waals surface area contributed by atoms with Crippen LogP contribution in [0.3, 0.4) is 0 Å². The van der Waals surface area contributed by atoms with Crippen molar-refractivity contribution in [3.63, 3.8) is 0 Å². The summed E-state index contributed by atoms with van der Waals surface area (Å²) in [7, 11) is 0. The summed E-state index contributed by atoms with van der Waals surface area (Å²) < 4.78 is 11.1. The van der Waals surface area contributed by atoms with Crippen LogP contribution in [-0.2, 0) is 6.42 Å². The minimum Gasteiger partial charge on any atom is -0.450 e. The maximum atomic E-state index is 13.6. The monoisotopic (exact) mass is 454 g/mol. The summed E-state index contributed by atoms with van der Waals surface area (Å²) in [5.41, 5.74) is 1.95. The molecule has 1 aliphatic rings. The number of halogens is 2. The van der Waals surface area contributed by atoms with Crippen LogP contribution in [0.1, 0.15) is 46.0 Å². The van der Waals surface area contributed by atoms with Gasteiger partial charge in [-0.15, -0.1) is 0 Å². The van der Waals surface area contributed by atoms with Crippen LogP contribution >= 0.6 is 23.2 Å². The number of rotatable bonds is 3. The van der Waals surface area contributed by atoms with Gasteiger partial charge in [0.1, 0.15) is 11.3 Å². The van der Waals surface area contributed by atoms with Crippen LogP contribution in [-0.4, -0.2) is 11.1 Å². The molecule has 0 fully saturated rings. The van der Waals surface area contributed by atoms with Crippen LogP contribution in [0.25, 0.3) is 11.0 Å². The lowest BCUT2D eigenvalue weighted by Crippen LogP contribution is -2.29. The van der Waals surface area contributed by atoms with Crippen LogP contribution in [0.5, 0.6) is 0 Å². The molecule has 3 heterocycles. The summed E-state index contributed by atoms with van der Waals surface area (Å²) in [4.78, 5) is 28.4. The molecule has 2 aromatic carbocycles. The Labute approximate surface area is 187 Å². The molecule has 0 saturated carbocycles. The predicted molar refractivity (Wildman–Crippen MR) is 118 cm³/mol. The zero-order valence-electron chi connectivity index (χ0n) is 16.6. The van der Waals surface area contributed by atoms with Gasteiger partial charge in [-0.1, -0.05) is 47.4 Å². The van der Waals surface area contributed by atoms with Crippen molar-refractivity contribution < 1.29 is 13.7 Å². The lowest BCUT2D eigenvalue weighted by molar-refractivity contribution is 0.0969. The second kappa shape index (κ2) is 7.25. The molecule has 156 valence electrons. The number of carbonyl (C=O) groups excluding carboxylic acids is 1. The molecule has 0 radical (unpaired) electrons. The van der Waals surface area contributed by atoms with Gasteiger partial charge in [0, 0.05) is 6.07 Å². The van der Waals surface area contributed by atoms with E-state index in [4.69, 9.17) is 32.1 Å². The molecule has 4 aromatic rings. The van der Waals surface area contributed by atoms with Crippen molar-refractivity contribution in [2.24, 2.45) is 0 Å². The Morgan fingerprint density at radius 1 is 1.06 bits per heavy atom. The number of hydrogen-bond acceptors (Lipinski definition) is 5. The molecule has 0 N–H and O–H groups in total. The molecule has 0 aliphatic carbocycles. The van der Waals surface area contributed by atoms with Crippen molar-refractivity contribution in [2.45, 2.75) is 26.3 Å². The maximum absolute atomic E-state index is 13.6. The molecule has 2 aromatic heterocycles. The summed E-state index contributed by atoms with van der Waals surface area (Å²) in [6.07, 6.45) is 0.770. The number of aromatic nitrogens is 1. The molecule has 0 bridgehead atoms. The minimum atomic E-state index is -0.785. The number of anilines is 1. The molecular weight excluding hydrogens is 439 g/mol. The van der Waals surface area contributed by atoms with E-state index in [0.29, 0.717) is 32.3 Å². The third-order valence-corrected chi connectivity index (χ3v) is 6.20. The second-order valence-electron chi connectivity index (χ2n) is 7.41. The van der Waals surface area contributed by atoms with E-state index in [1.165, 1.54) is 4.90 Å². The van der Waals surface area contributed by atoms with Gasteiger partial charge in [0.05, 0.1) is 27.0 Å². The largest absolute Gasteiger partial charge is 0.450 e. The van der Waals surface area contributed by atoms with Crippen molar-refractivity contribution >= 4 is 45.9 Å². The average Bonchev–Trinajstić information content (AvgIpc) is 3.31. The lowest BCUT2D eigenvalue weighted by atomic mass is 9.98. The fourth-order valence-electron chi connectivity index (χ4n) is 3.94. The maximum Gasteiger partial charge on any atom is 0.296 e. The SMILES string of the molecule is CCc1ccc2oc3c(c(=O)c2c1)[C@H](c1ccc(Cl)c(Cl)c1)N(c1cc(C)on1)C3=O. The smallest absolute Gasteiger partial charge is 0.296 e. The summed E-state index contributed by atoms with van der Waals surface area (Å²) >= 11 is 12.4. The first-order valence-corrected chi connectivity index (χ1v) is 10.5.